The van der Waals surface area contributed by atoms with Crippen LogP contribution in [-0.2, 0) is 0 Å². The van der Waals surface area contributed by atoms with Crippen LogP contribution in [0.15, 0.2) is 18.2 Å². The number of anilines is 2. The Hall–Kier alpha value is -1.55. The zero-order chi connectivity index (χ0) is 13.7. The Balaban J connectivity index is 2.58. The predicted molar refractivity (Wildman–Crippen MR) is 77.1 cm³/mol. The number of nitrogens with zero attached hydrogens (tertiary/aromatic N) is 1. The molecule has 100 valence electrons. The van der Waals surface area contributed by atoms with Crippen LogP contribution in [0.4, 0.5) is 11.4 Å². The molecule has 0 aliphatic heterocycles. The minimum absolute atomic E-state index is 0.00421. The van der Waals surface area contributed by atoms with Gasteiger partial charge in [-0.3, -0.25) is 4.79 Å². The fourth-order valence-corrected chi connectivity index (χ4v) is 1.61. The molecule has 1 rings (SSSR count). The number of benzene rings is 1. The van der Waals surface area contributed by atoms with E-state index in [4.69, 9.17) is 5.73 Å². The average molecular weight is 249 g/mol. The first-order valence-electron chi connectivity index (χ1n) is 6.26. The number of carbonyl (C=O) groups excluding carboxylic acids is 1. The van der Waals surface area contributed by atoms with Crippen molar-refractivity contribution in [2.75, 3.05) is 31.2 Å². The Morgan fingerprint density at radius 3 is 2.67 bits per heavy atom. The van der Waals surface area contributed by atoms with Gasteiger partial charge in [0.25, 0.3) is 0 Å². The molecule has 18 heavy (non-hydrogen) atoms. The zero-order valence-electron chi connectivity index (χ0n) is 11.7. The monoisotopic (exact) mass is 249 g/mol. The number of hydrogen-bond donors (Lipinski definition) is 2. The molecule has 4 heteroatoms. The molecule has 0 saturated heterocycles. The summed E-state index contributed by atoms with van der Waals surface area (Å²) in [5.74, 6) is -0.00421. The molecule has 3 N–H and O–H groups in total. The number of ketones is 1. The smallest absolute Gasteiger partial charge is 0.161 e. The first-order valence-corrected chi connectivity index (χ1v) is 6.26. The van der Waals surface area contributed by atoms with E-state index in [1.165, 1.54) is 6.92 Å². The van der Waals surface area contributed by atoms with Gasteiger partial charge >= 0.3 is 0 Å². The van der Waals surface area contributed by atoms with E-state index in [0.29, 0.717) is 17.3 Å². The SMILES string of the molecule is CC(=O)c1cc(NCCN(C)C(C)C)ccc1N. The van der Waals surface area contributed by atoms with Crippen molar-refractivity contribution < 1.29 is 4.79 Å². The number of likely N-dealkylation sites (N-methyl/N-ethyl adjacent to an activating group) is 1. The number of nitrogen functional groups attached to an aromatic ring is 1. The summed E-state index contributed by atoms with van der Waals surface area (Å²) in [5, 5.41) is 3.30. The van der Waals surface area contributed by atoms with Crippen molar-refractivity contribution in [3.05, 3.63) is 23.8 Å². The van der Waals surface area contributed by atoms with E-state index < -0.39 is 0 Å². The van der Waals surface area contributed by atoms with Gasteiger partial charge in [-0.05, 0) is 46.0 Å². The van der Waals surface area contributed by atoms with E-state index in [-0.39, 0.29) is 5.78 Å². The highest BCUT2D eigenvalue weighted by Crippen LogP contribution is 2.18. The van der Waals surface area contributed by atoms with Crippen LogP contribution in [0.25, 0.3) is 0 Å². The molecule has 1 aromatic carbocycles. The second kappa shape index (κ2) is 6.40. The lowest BCUT2D eigenvalue weighted by molar-refractivity contribution is 0.101. The van der Waals surface area contributed by atoms with Gasteiger partial charge in [0.1, 0.15) is 0 Å². The lowest BCUT2D eigenvalue weighted by Gasteiger charge is -2.21. The summed E-state index contributed by atoms with van der Waals surface area (Å²) in [6.07, 6.45) is 0. The summed E-state index contributed by atoms with van der Waals surface area (Å²) in [6.45, 7) is 7.66. The normalized spacial score (nSPS) is 11.0. The minimum atomic E-state index is -0.00421. The predicted octanol–water partition coefficient (Wildman–Crippen LogP) is 2.22. The third-order valence-electron chi connectivity index (χ3n) is 3.11. The molecule has 0 bridgehead atoms. The van der Waals surface area contributed by atoms with Gasteiger partial charge in [0, 0.05) is 36.1 Å². The van der Waals surface area contributed by atoms with E-state index in [1.54, 1.807) is 6.07 Å². The number of carbonyl (C=O) groups is 1. The quantitative estimate of drug-likeness (QED) is 0.599. The van der Waals surface area contributed by atoms with Gasteiger partial charge in [0.2, 0.25) is 0 Å². The third-order valence-corrected chi connectivity index (χ3v) is 3.11. The Labute approximate surface area is 109 Å². The summed E-state index contributed by atoms with van der Waals surface area (Å²) >= 11 is 0. The molecule has 0 atom stereocenters. The van der Waals surface area contributed by atoms with Crippen molar-refractivity contribution in [1.82, 2.24) is 4.90 Å². The largest absolute Gasteiger partial charge is 0.398 e. The molecule has 0 saturated carbocycles. The van der Waals surface area contributed by atoms with E-state index in [2.05, 4.69) is 31.1 Å². The summed E-state index contributed by atoms with van der Waals surface area (Å²) in [4.78, 5) is 13.6. The zero-order valence-corrected chi connectivity index (χ0v) is 11.7. The van der Waals surface area contributed by atoms with E-state index >= 15 is 0 Å². The highest BCUT2D eigenvalue weighted by atomic mass is 16.1. The van der Waals surface area contributed by atoms with Crippen LogP contribution in [-0.4, -0.2) is 36.9 Å². The maximum Gasteiger partial charge on any atom is 0.161 e. The van der Waals surface area contributed by atoms with Crippen molar-refractivity contribution >= 4 is 17.2 Å². The molecule has 0 aliphatic carbocycles. The summed E-state index contributed by atoms with van der Waals surface area (Å²) in [7, 11) is 2.09. The molecular weight excluding hydrogens is 226 g/mol. The summed E-state index contributed by atoms with van der Waals surface area (Å²) in [6, 6.07) is 6.01. The number of hydrogen-bond acceptors (Lipinski definition) is 4. The molecule has 0 aromatic heterocycles. The maximum absolute atomic E-state index is 11.4. The molecule has 4 nitrogen and oxygen atoms in total. The molecule has 0 heterocycles. The van der Waals surface area contributed by atoms with Crippen molar-refractivity contribution in [3.63, 3.8) is 0 Å². The van der Waals surface area contributed by atoms with Gasteiger partial charge in [-0.15, -0.1) is 0 Å². The van der Waals surface area contributed by atoms with Gasteiger partial charge < -0.3 is 16.0 Å². The van der Waals surface area contributed by atoms with Crippen molar-refractivity contribution in [3.8, 4) is 0 Å². The van der Waals surface area contributed by atoms with Crippen molar-refractivity contribution in [2.24, 2.45) is 0 Å². The highest BCUT2D eigenvalue weighted by molar-refractivity contribution is 5.99. The maximum atomic E-state index is 11.4. The van der Waals surface area contributed by atoms with Crippen LogP contribution in [0.1, 0.15) is 31.1 Å². The van der Waals surface area contributed by atoms with Gasteiger partial charge in [0.15, 0.2) is 5.78 Å². The second-order valence-corrected chi connectivity index (χ2v) is 4.86. The van der Waals surface area contributed by atoms with Crippen LogP contribution in [0.2, 0.25) is 0 Å². The Bertz CT molecular complexity index is 416. The van der Waals surface area contributed by atoms with Crippen molar-refractivity contribution in [1.29, 1.82) is 0 Å². The fraction of sp³-hybridized carbons (Fsp3) is 0.500. The van der Waals surface area contributed by atoms with Crippen LogP contribution >= 0.6 is 0 Å². The second-order valence-electron chi connectivity index (χ2n) is 4.86. The number of Topliss-reactive ketones (excluding diaryl/α,β-unsaturated/α-hetero) is 1. The topological polar surface area (TPSA) is 58.4 Å². The number of nitrogens with one attached hydrogen (secondary N) is 1. The number of rotatable bonds is 6. The molecule has 0 spiro atoms. The molecule has 0 fully saturated rings. The van der Waals surface area contributed by atoms with Crippen LogP contribution in [0, 0.1) is 0 Å². The summed E-state index contributed by atoms with van der Waals surface area (Å²) in [5.41, 5.74) is 7.80. The molecule has 0 aliphatic rings. The Kier molecular flexibility index (Phi) is 5.16. The highest BCUT2D eigenvalue weighted by Gasteiger charge is 2.06. The van der Waals surface area contributed by atoms with Crippen LogP contribution in [0.5, 0.6) is 0 Å². The van der Waals surface area contributed by atoms with Gasteiger partial charge in [-0.1, -0.05) is 0 Å². The summed E-state index contributed by atoms with van der Waals surface area (Å²) < 4.78 is 0. The molecule has 1 aromatic rings. The fourth-order valence-electron chi connectivity index (χ4n) is 1.61. The lowest BCUT2D eigenvalue weighted by atomic mass is 10.1. The third kappa shape index (κ3) is 4.04. The van der Waals surface area contributed by atoms with E-state index in [9.17, 15) is 4.79 Å². The Morgan fingerprint density at radius 1 is 1.44 bits per heavy atom. The minimum Gasteiger partial charge on any atom is -0.398 e. The number of nitrogens with two attached hydrogens (primary N) is 1. The molecule has 0 amide bonds. The Morgan fingerprint density at radius 2 is 2.11 bits per heavy atom. The van der Waals surface area contributed by atoms with Gasteiger partial charge in [0.05, 0.1) is 0 Å². The molecular formula is C14H23N3O. The van der Waals surface area contributed by atoms with Crippen molar-refractivity contribution in [2.45, 2.75) is 26.8 Å². The molecule has 0 radical (unpaired) electrons. The first-order chi connectivity index (χ1) is 8.41. The standard InChI is InChI=1S/C14H23N3O/c1-10(2)17(4)8-7-16-12-5-6-14(15)13(9-12)11(3)18/h5-6,9-10,16H,7-8,15H2,1-4H3. The lowest BCUT2D eigenvalue weighted by Crippen LogP contribution is -2.31. The van der Waals surface area contributed by atoms with Crippen LogP contribution in [0.3, 0.4) is 0 Å². The van der Waals surface area contributed by atoms with Crippen LogP contribution < -0.4 is 11.1 Å². The molecule has 0 unspecified atom stereocenters. The van der Waals surface area contributed by atoms with E-state index in [0.717, 1.165) is 18.8 Å². The van der Waals surface area contributed by atoms with Gasteiger partial charge in [-0.2, -0.15) is 0 Å². The first kappa shape index (κ1) is 14.5. The van der Waals surface area contributed by atoms with E-state index in [1.807, 2.05) is 12.1 Å². The average Bonchev–Trinajstić information content (AvgIpc) is 2.30. The van der Waals surface area contributed by atoms with Gasteiger partial charge in [-0.25, -0.2) is 0 Å².